The van der Waals surface area contributed by atoms with Gasteiger partial charge in [0.2, 0.25) is 0 Å². The minimum absolute atomic E-state index is 0.0995. The van der Waals surface area contributed by atoms with Crippen molar-refractivity contribution < 1.29 is 24.6 Å². The maximum absolute atomic E-state index is 12.2. The number of rotatable bonds is 1. The highest BCUT2D eigenvalue weighted by molar-refractivity contribution is 6.21. The van der Waals surface area contributed by atoms with Gasteiger partial charge in [0.15, 0.2) is 0 Å². The van der Waals surface area contributed by atoms with Gasteiger partial charge in [-0.25, -0.2) is 4.79 Å². The van der Waals surface area contributed by atoms with Crippen LogP contribution < -0.4 is 0 Å². The monoisotopic (exact) mass is 291 g/mol. The van der Waals surface area contributed by atoms with E-state index < -0.39 is 6.16 Å². The van der Waals surface area contributed by atoms with Gasteiger partial charge in [0.25, 0.3) is 11.8 Å². The molecule has 0 radical (unpaired) electrons. The molecular weight excluding hydrogens is 274 g/mol. The van der Waals surface area contributed by atoms with Crippen molar-refractivity contribution in [3.63, 3.8) is 0 Å². The third kappa shape index (κ3) is 3.21. The summed E-state index contributed by atoms with van der Waals surface area (Å²) in [5.41, 5.74) is 1.14. The SMILES string of the molecule is O=C(O)O.O=C1c2ccccc2C(=O)N1C1CCCCC1. The van der Waals surface area contributed by atoms with Gasteiger partial charge in [0, 0.05) is 6.04 Å². The van der Waals surface area contributed by atoms with Crippen molar-refractivity contribution in [2.45, 2.75) is 38.1 Å². The summed E-state index contributed by atoms with van der Waals surface area (Å²) in [4.78, 5) is 34.5. The van der Waals surface area contributed by atoms with Gasteiger partial charge in [-0.15, -0.1) is 0 Å². The summed E-state index contributed by atoms with van der Waals surface area (Å²) in [6.07, 6.45) is 3.56. The highest BCUT2D eigenvalue weighted by atomic mass is 16.6. The van der Waals surface area contributed by atoms with Crippen molar-refractivity contribution >= 4 is 18.0 Å². The fraction of sp³-hybridized carbons (Fsp3) is 0.400. The molecule has 1 fully saturated rings. The molecule has 0 atom stereocenters. The Balaban J connectivity index is 0.000000361. The number of fused-ring (bicyclic) bond motifs is 1. The van der Waals surface area contributed by atoms with Gasteiger partial charge in [-0.3, -0.25) is 14.5 Å². The van der Waals surface area contributed by atoms with E-state index in [0.29, 0.717) is 11.1 Å². The van der Waals surface area contributed by atoms with E-state index in [2.05, 4.69) is 0 Å². The minimum Gasteiger partial charge on any atom is -0.450 e. The molecule has 6 nitrogen and oxygen atoms in total. The number of benzene rings is 1. The van der Waals surface area contributed by atoms with Gasteiger partial charge in [-0.1, -0.05) is 31.4 Å². The number of hydrogen-bond donors (Lipinski definition) is 2. The molecule has 2 aliphatic rings. The number of nitrogens with zero attached hydrogens (tertiary/aromatic N) is 1. The molecule has 1 aliphatic carbocycles. The average molecular weight is 291 g/mol. The lowest BCUT2D eigenvalue weighted by molar-refractivity contribution is 0.0548. The van der Waals surface area contributed by atoms with Crippen molar-refractivity contribution in [1.82, 2.24) is 4.90 Å². The Morgan fingerprint density at radius 1 is 0.952 bits per heavy atom. The lowest BCUT2D eigenvalue weighted by Crippen LogP contribution is -2.40. The summed E-state index contributed by atoms with van der Waals surface area (Å²) in [6, 6.07) is 7.25. The Morgan fingerprint density at radius 3 is 1.81 bits per heavy atom. The first-order valence-corrected chi connectivity index (χ1v) is 6.91. The zero-order valence-corrected chi connectivity index (χ0v) is 11.5. The van der Waals surface area contributed by atoms with E-state index in [4.69, 9.17) is 15.0 Å². The van der Waals surface area contributed by atoms with Crippen LogP contribution in [0.3, 0.4) is 0 Å². The fourth-order valence-corrected chi connectivity index (χ4v) is 2.88. The molecule has 2 N–H and O–H groups in total. The smallest absolute Gasteiger partial charge is 0.450 e. The lowest BCUT2D eigenvalue weighted by atomic mass is 9.94. The van der Waals surface area contributed by atoms with Crippen molar-refractivity contribution in [3.8, 4) is 0 Å². The van der Waals surface area contributed by atoms with E-state index in [1.807, 2.05) is 12.1 Å². The number of amides is 2. The minimum atomic E-state index is -1.83. The van der Waals surface area contributed by atoms with E-state index in [9.17, 15) is 9.59 Å². The van der Waals surface area contributed by atoms with Gasteiger partial charge < -0.3 is 10.2 Å². The van der Waals surface area contributed by atoms with E-state index in [-0.39, 0.29) is 17.9 Å². The number of carboxylic acid groups (broad SMARTS) is 2. The van der Waals surface area contributed by atoms with Crippen LogP contribution >= 0.6 is 0 Å². The molecule has 1 aliphatic heterocycles. The lowest BCUT2D eigenvalue weighted by Gasteiger charge is -2.29. The van der Waals surface area contributed by atoms with Gasteiger partial charge in [-0.05, 0) is 25.0 Å². The van der Waals surface area contributed by atoms with Crippen LogP contribution in [-0.2, 0) is 0 Å². The first kappa shape index (κ1) is 15.0. The maximum Gasteiger partial charge on any atom is 0.503 e. The quantitative estimate of drug-likeness (QED) is 0.776. The summed E-state index contributed by atoms with van der Waals surface area (Å²) in [5.74, 6) is -0.199. The van der Waals surface area contributed by atoms with Crippen LogP contribution in [0.4, 0.5) is 4.79 Å². The largest absolute Gasteiger partial charge is 0.503 e. The molecule has 1 heterocycles. The van der Waals surface area contributed by atoms with Crippen LogP contribution in [-0.4, -0.2) is 39.1 Å². The zero-order valence-electron chi connectivity index (χ0n) is 11.5. The summed E-state index contributed by atoms with van der Waals surface area (Å²) in [5, 5.41) is 13.9. The van der Waals surface area contributed by atoms with Crippen LogP contribution in [0.5, 0.6) is 0 Å². The zero-order chi connectivity index (χ0) is 15.4. The van der Waals surface area contributed by atoms with Crippen LogP contribution in [0.2, 0.25) is 0 Å². The first-order valence-electron chi connectivity index (χ1n) is 6.91. The maximum atomic E-state index is 12.2. The predicted octanol–water partition coefficient (Wildman–Crippen LogP) is 2.84. The molecule has 21 heavy (non-hydrogen) atoms. The number of carbonyl (C=O) groups excluding carboxylic acids is 2. The Hall–Kier alpha value is -2.37. The highest BCUT2D eigenvalue weighted by Crippen LogP contribution is 2.30. The topological polar surface area (TPSA) is 94.9 Å². The van der Waals surface area contributed by atoms with Crippen LogP contribution in [0.25, 0.3) is 0 Å². The second-order valence-corrected chi connectivity index (χ2v) is 5.10. The number of imide groups is 1. The van der Waals surface area contributed by atoms with E-state index in [1.165, 1.54) is 11.3 Å². The second-order valence-electron chi connectivity index (χ2n) is 5.10. The highest BCUT2D eigenvalue weighted by Gasteiger charge is 2.39. The van der Waals surface area contributed by atoms with Gasteiger partial charge in [0.05, 0.1) is 11.1 Å². The summed E-state index contributed by atoms with van der Waals surface area (Å²) in [7, 11) is 0. The van der Waals surface area contributed by atoms with Crippen molar-refractivity contribution in [2.75, 3.05) is 0 Å². The standard InChI is InChI=1S/C14H15NO2.CH2O3/c16-13-11-8-4-5-9-12(11)14(17)15(13)10-6-2-1-3-7-10;2-1(3)4/h4-5,8-10H,1-3,6-7H2;(H2,2,3,4). The molecule has 0 spiro atoms. The van der Waals surface area contributed by atoms with E-state index in [1.54, 1.807) is 12.1 Å². The summed E-state index contributed by atoms with van der Waals surface area (Å²) >= 11 is 0. The van der Waals surface area contributed by atoms with Gasteiger partial charge in [-0.2, -0.15) is 0 Å². The normalized spacial score (nSPS) is 18.0. The Labute approximate surface area is 122 Å². The van der Waals surface area contributed by atoms with Crippen LogP contribution in [0.1, 0.15) is 52.8 Å². The second kappa shape index (κ2) is 6.39. The molecule has 0 aromatic heterocycles. The van der Waals surface area contributed by atoms with Gasteiger partial charge in [0.1, 0.15) is 0 Å². The third-order valence-electron chi connectivity index (χ3n) is 3.77. The molecule has 1 aromatic carbocycles. The first-order chi connectivity index (χ1) is 10.0. The Kier molecular flexibility index (Phi) is 4.57. The van der Waals surface area contributed by atoms with Crippen molar-refractivity contribution in [3.05, 3.63) is 35.4 Å². The van der Waals surface area contributed by atoms with Crippen molar-refractivity contribution in [1.29, 1.82) is 0 Å². The molecule has 3 rings (SSSR count). The van der Waals surface area contributed by atoms with Crippen molar-refractivity contribution in [2.24, 2.45) is 0 Å². The Morgan fingerprint density at radius 2 is 1.38 bits per heavy atom. The van der Waals surface area contributed by atoms with Crippen LogP contribution in [0.15, 0.2) is 24.3 Å². The van der Waals surface area contributed by atoms with Crippen LogP contribution in [0, 0.1) is 0 Å². The summed E-state index contributed by atoms with van der Waals surface area (Å²) in [6.45, 7) is 0. The summed E-state index contributed by atoms with van der Waals surface area (Å²) < 4.78 is 0. The van der Waals surface area contributed by atoms with E-state index >= 15 is 0 Å². The van der Waals surface area contributed by atoms with E-state index in [0.717, 1.165) is 25.7 Å². The molecule has 2 amide bonds. The number of hydrogen-bond acceptors (Lipinski definition) is 3. The average Bonchev–Trinajstić information content (AvgIpc) is 2.72. The molecule has 1 saturated carbocycles. The predicted molar refractivity (Wildman–Crippen MR) is 74.5 cm³/mol. The molecular formula is C15H17NO5. The molecule has 112 valence electrons. The molecule has 0 saturated heterocycles. The third-order valence-corrected chi connectivity index (χ3v) is 3.77. The molecule has 6 heteroatoms. The molecule has 0 bridgehead atoms. The number of carbonyl (C=O) groups is 3. The molecule has 0 unspecified atom stereocenters. The fourth-order valence-electron chi connectivity index (χ4n) is 2.88. The van der Waals surface area contributed by atoms with Gasteiger partial charge >= 0.3 is 6.16 Å². The molecule has 1 aromatic rings. The Bertz CT molecular complexity index is 524.